The molecule has 5 nitrogen and oxygen atoms in total. The van der Waals surface area contributed by atoms with E-state index in [1.807, 2.05) is 92.7 Å². The molecule has 0 saturated carbocycles. The normalized spacial score (nSPS) is 12.9. The largest absolute Gasteiger partial charge is 0.484 e. The van der Waals surface area contributed by atoms with Gasteiger partial charge in [-0.05, 0) is 59.7 Å². The van der Waals surface area contributed by atoms with E-state index in [0.717, 1.165) is 22.0 Å². The second-order valence-corrected chi connectivity index (χ2v) is 11.7. The number of rotatable bonds is 11. The number of ether oxygens (including phenoxy) is 1. The molecule has 1 N–H and O–H groups in total. The highest BCUT2D eigenvalue weighted by atomic mass is 79.9. The van der Waals surface area contributed by atoms with Gasteiger partial charge in [-0.25, -0.2) is 0 Å². The molecule has 202 valence electrons. The van der Waals surface area contributed by atoms with Gasteiger partial charge >= 0.3 is 0 Å². The molecule has 0 heterocycles. The summed E-state index contributed by atoms with van der Waals surface area (Å²) >= 11 is 3.48. The van der Waals surface area contributed by atoms with Crippen LogP contribution in [-0.2, 0) is 28.0 Å². The molecule has 2 unspecified atom stereocenters. The number of hydrogen-bond acceptors (Lipinski definition) is 3. The van der Waals surface area contributed by atoms with Crippen LogP contribution < -0.4 is 10.1 Å². The molecule has 0 fully saturated rings. The minimum absolute atomic E-state index is 0.00277. The van der Waals surface area contributed by atoms with Gasteiger partial charge < -0.3 is 15.0 Å². The first-order valence-electron chi connectivity index (χ1n) is 13.2. The van der Waals surface area contributed by atoms with Crippen LogP contribution in [0.4, 0.5) is 0 Å². The molecular formula is C32H39BrN2O3. The fraction of sp³-hybridized carbons (Fsp3) is 0.375. The van der Waals surface area contributed by atoms with E-state index in [4.69, 9.17) is 4.74 Å². The Morgan fingerprint density at radius 1 is 0.921 bits per heavy atom. The summed E-state index contributed by atoms with van der Waals surface area (Å²) in [5.41, 5.74) is 3.15. The van der Waals surface area contributed by atoms with Gasteiger partial charge in [0, 0.05) is 23.5 Å². The molecule has 0 spiro atoms. The molecule has 0 aliphatic heterocycles. The monoisotopic (exact) mass is 578 g/mol. The van der Waals surface area contributed by atoms with Gasteiger partial charge in [-0.15, -0.1) is 0 Å². The number of carbonyl (C=O) groups is 2. The average Bonchev–Trinajstić information content (AvgIpc) is 2.90. The smallest absolute Gasteiger partial charge is 0.261 e. The maximum Gasteiger partial charge on any atom is 0.261 e. The lowest BCUT2D eigenvalue weighted by Gasteiger charge is -2.32. The Bertz CT molecular complexity index is 1170. The van der Waals surface area contributed by atoms with Crippen molar-refractivity contribution in [3.8, 4) is 5.75 Å². The molecule has 0 aliphatic carbocycles. The zero-order valence-corrected chi connectivity index (χ0v) is 24.6. The number of hydrogen-bond donors (Lipinski definition) is 1. The van der Waals surface area contributed by atoms with Gasteiger partial charge in [0.25, 0.3) is 5.91 Å². The summed E-state index contributed by atoms with van der Waals surface area (Å²) in [6.07, 6.45) is 1.21. The molecule has 0 saturated heterocycles. The fourth-order valence-corrected chi connectivity index (χ4v) is 4.33. The summed E-state index contributed by atoms with van der Waals surface area (Å²) in [4.78, 5) is 28.9. The van der Waals surface area contributed by atoms with Crippen molar-refractivity contribution in [1.82, 2.24) is 10.2 Å². The Balaban J connectivity index is 1.88. The molecule has 2 atom stereocenters. The van der Waals surface area contributed by atoms with Crippen molar-refractivity contribution < 1.29 is 14.3 Å². The number of carbonyl (C=O) groups excluding carboxylic acids is 2. The molecule has 38 heavy (non-hydrogen) atoms. The summed E-state index contributed by atoms with van der Waals surface area (Å²) in [6.45, 7) is 10.6. The number of benzene rings is 3. The first kappa shape index (κ1) is 29.4. The SMILES string of the molecule is CCC(C)NC(=O)C(Cc1ccccc1)N(Cc1ccc(Br)cc1)C(=O)COc1ccc(C(C)(C)C)cc1. The van der Waals surface area contributed by atoms with E-state index in [9.17, 15) is 9.59 Å². The zero-order valence-electron chi connectivity index (χ0n) is 23.0. The summed E-state index contributed by atoms with van der Waals surface area (Å²) in [7, 11) is 0. The Hall–Kier alpha value is -3.12. The Morgan fingerprint density at radius 2 is 1.55 bits per heavy atom. The topological polar surface area (TPSA) is 58.6 Å². The minimum Gasteiger partial charge on any atom is -0.484 e. The third-order valence-corrected chi connectivity index (χ3v) is 7.15. The quantitative estimate of drug-likeness (QED) is 0.276. The van der Waals surface area contributed by atoms with Crippen molar-refractivity contribution in [3.63, 3.8) is 0 Å². The standard InChI is InChI=1S/C32H39BrN2O3/c1-6-23(2)34-31(37)29(20-24-10-8-7-9-11-24)35(21-25-12-16-27(33)17-13-25)30(36)22-38-28-18-14-26(15-19-28)32(3,4)5/h7-19,23,29H,6,20-22H2,1-5H3,(H,34,37). The fourth-order valence-electron chi connectivity index (χ4n) is 4.06. The number of amides is 2. The van der Waals surface area contributed by atoms with Crippen molar-refractivity contribution >= 4 is 27.7 Å². The van der Waals surface area contributed by atoms with E-state index in [1.165, 1.54) is 5.56 Å². The van der Waals surface area contributed by atoms with E-state index in [1.54, 1.807) is 4.90 Å². The lowest BCUT2D eigenvalue weighted by atomic mass is 9.87. The van der Waals surface area contributed by atoms with Crippen LogP contribution in [0.15, 0.2) is 83.3 Å². The number of nitrogens with one attached hydrogen (secondary N) is 1. The number of halogens is 1. The van der Waals surface area contributed by atoms with Gasteiger partial charge in [0.2, 0.25) is 5.91 Å². The summed E-state index contributed by atoms with van der Waals surface area (Å²) in [6, 6.07) is 24.8. The van der Waals surface area contributed by atoms with Crippen LogP contribution in [0.1, 0.15) is 57.7 Å². The zero-order chi connectivity index (χ0) is 27.7. The second kappa shape index (κ2) is 13.6. The molecule has 2 amide bonds. The van der Waals surface area contributed by atoms with Gasteiger partial charge in [0.15, 0.2) is 6.61 Å². The number of nitrogens with zero attached hydrogens (tertiary/aromatic N) is 1. The third kappa shape index (κ3) is 8.73. The molecule has 3 aromatic rings. The van der Waals surface area contributed by atoms with E-state index >= 15 is 0 Å². The predicted octanol–water partition coefficient (Wildman–Crippen LogP) is 6.68. The maximum absolute atomic E-state index is 13.7. The van der Waals surface area contributed by atoms with Gasteiger partial charge in [-0.1, -0.05) is 98.2 Å². The molecular weight excluding hydrogens is 540 g/mol. The van der Waals surface area contributed by atoms with Crippen molar-refractivity contribution in [2.75, 3.05) is 6.61 Å². The van der Waals surface area contributed by atoms with Crippen LogP contribution in [0.2, 0.25) is 0 Å². The lowest BCUT2D eigenvalue weighted by molar-refractivity contribution is -0.143. The Kier molecular flexibility index (Phi) is 10.5. The van der Waals surface area contributed by atoms with E-state index in [0.29, 0.717) is 18.7 Å². The second-order valence-electron chi connectivity index (χ2n) is 10.7. The van der Waals surface area contributed by atoms with Gasteiger partial charge in [0.1, 0.15) is 11.8 Å². The molecule has 0 radical (unpaired) electrons. The van der Waals surface area contributed by atoms with Crippen LogP contribution in [0.25, 0.3) is 0 Å². The highest BCUT2D eigenvalue weighted by Crippen LogP contribution is 2.24. The van der Waals surface area contributed by atoms with E-state index < -0.39 is 6.04 Å². The van der Waals surface area contributed by atoms with E-state index in [2.05, 4.69) is 42.0 Å². The molecule has 6 heteroatoms. The first-order chi connectivity index (χ1) is 18.1. The third-order valence-electron chi connectivity index (χ3n) is 6.62. The molecule has 3 aromatic carbocycles. The average molecular weight is 580 g/mol. The minimum atomic E-state index is -0.686. The highest BCUT2D eigenvalue weighted by molar-refractivity contribution is 9.10. The van der Waals surface area contributed by atoms with Crippen LogP contribution in [0.3, 0.4) is 0 Å². The summed E-state index contributed by atoms with van der Waals surface area (Å²) in [5.74, 6) is 0.217. The Labute approximate surface area is 235 Å². The van der Waals surface area contributed by atoms with Crippen LogP contribution >= 0.6 is 15.9 Å². The summed E-state index contributed by atoms with van der Waals surface area (Å²) in [5, 5.41) is 3.09. The van der Waals surface area contributed by atoms with Gasteiger partial charge in [-0.3, -0.25) is 9.59 Å². The Morgan fingerprint density at radius 3 is 2.13 bits per heavy atom. The van der Waals surface area contributed by atoms with Crippen molar-refractivity contribution in [1.29, 1.82) is 0 Å². The van der Waals surface area contributed by atoms with Crippen LogP contribution in [0, 0.1) is 0 Å². The maximum atomic E-state index is 13.7. The predicted molar refractivity (Wildman–Crippen MR) is 157 cm³/mol. The van der Waals surface area contributed by atoms with Crippen molar-refractivity contribution in [2.24, 2.45) is 0 Å². The van der Waals surface area contributed by atoms with Crippen molar-refractivity contribution in [3.05, 3.63) is 100 Å². The molecule has 0 aromatic heterocycles. The molecule has 0 aliphatic rings. The molecule has 3 rings (SSSR count). The first-order valence-corrected chi connectivity index (χ1v) is 14.0. The van der Waals surface area contributed by atoms with Crippen LogP contribution in [-0.4, -0.2) is 35.4 Å². The molecule has 0 bridgehead atoms. The van der Waals surface area contributed by atoms with Crippen molar-refractivity contribution in [2.45, 2.75) is 71.5 Å². The van der Waals surface area contributed by atoms with E-state index in [-0.39, 0.29) is 29.9 Å². The lowest BCUT2D eigenvalue weighted by Crippen LogP contribution is -2.53. The van der Waals surface area contributed by atoms with Gasteiger partial charge in [-0.2, -0.15) is 0 Å². The highest BCUT2D eigenvalue weighted by Gasteiger charge is 2.31. The van der Waals surface area contributed by atoms with Crippen LogP contribution in [0.5, 0.6) is 5.75 Å². The van der Waals surface area contributed by atoms with Gasteiger partial charge in [0.05, 0.1) is 0 Å². The summed E-state index contributed by atoms with van der Waals surface area (Å²) < 4.78 is 6.88.